The molecular weight excluding hydrogens is 454 g/mol. The van der Waals surface area contributed by atoms with Gasteiger partial charge >= 0.3 is 0 Å². The predicted octanol–water partition coefficient (Wildman–Crippen LogP) is 3.70. The van der Waals surface area contributed by atoms with Gasteiger partial charge < -0.3 is 19.3 Å². The maximum absolute atomic E-state index is 13.2. The lowest BCUT2D eigenvalue weighted by atomic mass is 9.92. The zero-order valence-electron chi connectivity index (χ0n) is 19.4. The number of ether oxygens (including phenoxy) is 1. The summed E-state index contributed by atoms with van der Waals surface area (Å²) in [4.78, 5) is 28.3. The van der Waals surface area contributed by atoms with Crippen LogP contribution in [0.25, 0.3) is 16.5 Å². The fraction of sp³-hybridized carbons (Fsp3) is 0.172. The van der Waals surface area contributed by atoms with Crippen molar-refractivity contribution in [3.8, 4) is 5.75 Å². The van der Waals surface area contributed by atoms with Crippen LogP contribution in [0.4, 0.5) is 5.69 Å². The highest BCUT2D eigenvalue weighted by Gasteiger charge is 2.49. The number of aliphatic hydroxyl groups is 1. The lowest BCUT2D eigenvalue weighted by Crippen LogP contribution is -2.34. The topological polar surface area (TPSA) is 83.8 Å². The highest BCUT2D eigenvalue weighted by atomic mass is 16.5. The minimum absolute atomic E-state index is 0.0425. The number of nitrogens with zero attached hydrogens (tertiary/aromatic N) is 2. The third-order valence-corrected chi connectivity index (χ3v) is 7.34. The number of hydrogen-bond acceptors (Lipinski definition) is 5. The Balaban J connectivity index is 1.44. The van der Waals surface area contributed by atoms with E-state index in [1.807, 2.05) is 71.6 Å². The Bertz CT molecular complexity index is 1600. The van der Waals surface area contributed by atoms with Crippen molar-refractivity contribution in [1.29, 1.82) is 0 Å². The molecule has 178 valence electrons. The quantitative estimate of drug-likeness (QED) is 0.429. The second-order valence-corrected chi connectivity index (χ2v) is 9.31. The second kappa shape index (κ2) is 7.83. The van der Waals surface area contributed by atoms with Crippen molar-refractivity contribution in [1.82, 2.24) is 9.88 Å². The number of aromatic nitrogens is 1. The van der Waals surface area contributed by atoms with Crippen LogP contribution < -0.4 is 15.0 Å². The normalized spacial score (nSPS) is 17.7. The van der Waals surface area contributed by atoms with Crippen LogP contribution in [0, 0.1) is 0 Å². The van der Waals surface area contributed by atoms with Crippen LogP contribution in [0.1, 0.15) is 28.4 Å². The predicted molar refractivity (Wildman–Crippen MR) is 135 cm³/mol. The molecule has 7 heteroatoms. The molecule has 3 aliphatic rings. The second-order valence-electron chi connectivity index (χ2n) is 9.31. The molecule has 1 atom stereocenters. The number of aliphatic hydroxyl groups excluding tert-OH is 1. The molecule has 0 bridgehead atoms. The largest absolute Gasteiger partial charge is 0.489 e. The molecule has 0 spiro atoms. The molecule has 0 saturated carbocycles. The number of hydrogen-bond donors (Lipinski definition) is 2. The molecule has 0 radical (unpaired) electrons. The molecule has 36 heavy (non-hydrogen) atoms. The number of rotatable bonds is 5. The summed E-state index contributed by atoms with van der Waals surface area (Å²) < 4.78 is 8.20. The van der Waals surface area contributed by atoms with Gasteiger partial charge in [-0.05, 0) is 35.4 Å². The Morgan fingerprint density at radius 1 is 0.972 bits per heavy atom. The highest BCUT2D eigenvalue weighted by molar-refractivity contribution is 6.39. The monoisotopic (exact) mass is 477 g/mol. The molecule has 4 heterocycles. The minimum atomic E-state index is -0.391. The molecule has 7 rings (SSSR count). The lowest BCUT2D eigenvalue weighted by Gasteiger charge is -2.33. The van der Waals surface area contributed by atoms with Crippen LogP contribution in [0.3, 0.4) is 0 Å². The van der Waals surface area contributed by atoms with Crippen LogP contribution >= 0.6 is 0 Å². The summed E-state index contributed by atoms with van der Waals surface area (Å²) in [5.41, 5.74) is 6.53. The molecule has 0 fully saturated rings. The summed E-state index contributed by atoms with van der Waals surface area (Å²) in [6.45, 7) is 0.763. The first-order chi connectivity index (χ1) is 17.7. The first-order valence-electron chi connectivity index (χ1n) is 12.1. The smallest absolute Gasteiger partial charge is 0.275 e. The maximum Gasteiger partial charge on any atom is 0.275 e. The van der Waals surface area contributed by atoms with Crippen LogP contribution in [0.2, 0.25) is 0 Å². The van der Waals surface area contributed by atoms with Crippen LogP contribution in [0.5, 0.6) is 5.75 Å². The Morgan fingerprint density at radius 2 is 1.78 bits per heavy atom. The molecule has 1 unspecified atom stereocenters. The third kappa shape index (κ3) is 2.90. The van der Waals surface area contributed by atoms with Gasteiger partial charge in [-0.3, -0.25) is 14.9 Å². The summed E-state index contributed by atoms with van der Waals surface area (Å²) in [5.74, 6) is -0.0843. The van der Waals surface area contributed by atoms with E-state index in [-0.39, 0.29) is 18.6 Å². The molecule has 2 N–H and O–H groups in total. The number of para-hydroxylation sites is 1. The Labute approximate surface area is 207 Å². The lowest BCUT2D eigenvalue weighted by molar-refractivity contribution is -0.123. The summed E-state index contributed by atoms with van der Waals surface area (Å²) in [6.07, 6.45) is 0.709. The van der Waals surface area contributed by atoms with Crippen LogP contribution in [-0.2, 0) is 29.2 Å². The zero-order chi connectivity index (χ0) is 24.4. The number of amides is 2. The first-order valence-corrected chi connectivity index (χ1v) is 12.1. The molecule has 3 aliphatic heterocycles. The standard InChI is InChI=1S/C29H23N3O4/c33-13-12-31-22-11-10-19(36-16-17-6-2-1-3-7-17)15-20(22)24-25-27(29(35)30-28(25)34)32-21-9-5-4-8-18(21)14-23(32)26(24)31/h1-11,15,23,33H,12-14,16H2,(H,30,34,35). The van der Waals surface area contributed by atoms with Crippen molar-refractivity contribution in [3.05, 3.63) is 101 Å². The van der Waals surface area contributed by atoms with Crippen molar-refractivity contribution in [2.45, 2.75) is 25.6 Å². The van der Waals surface area contributed by atoms with Gasteiger partial charge in [0, 0.05) is 35.1 Å². The van der Waals surface area contributed by atoms with Gasteiger partial charge in [0.05, 0.1) is 23.9 Å². The van der Waals surface area contributed by atoms with E-state index >= 15 is 0 Å². The van der Waals surface area contributed by atoms with Crippen molar-refractivity contribution in [2.75, 3.05) is 11.5 Å². The third-order valence-electron chi connectivity index (χ3n) is 7.34. The van der Waals surface area contributed by atoms with Gasteiger partial charge in [-0.1, -0.05) is 48.5 Å². The zero-order valence-corrected chi connectivity index (χ0v) is 19.4. The van der Waals surface area contributed by atoms with E-state index in [0.717, 1.165) is 39.0 Å². The summed E-state index contributed by atoms with van der Waals surface area (Å²) in [5, 5.41) is 13.3. The number of carbonyl (C=O) groups excluding carboxylic acids is 2. The Kier molecular flexibility index (Phi) is 4.56. The maximum atomic E-state index is 13.2. The fourth-order valence-corrected chi connectivity index (χ4v) is 5.92. The molecule has 1 aromatic heterocycles. The van der Waals surface area contributed by atoms with E-state index in [9.17, 15) is 14.7 Å². The summed E-state index contributed by atoms with van der Waals surface area (Å²) >= 11 is 0. The van der Waals surface area contributed by atoms with E-state index in [2.05, 4.69) is 16.0 Å². The van der Waals surface area contributed by atoms with Crippen LogP contribution in [0.15, 0.2) is 78.5 Å². The average Bonchev–Trinajstić information content (AvgIpc) is 3.53. The van der Waals surface area contributed by atoms with Crippen molar-refractivity contribution < 1.29 is 19.4 Å². The van der Waals surface area contributed by atoms with Crippen molar-refractivity contribution in [3.63, 3.8) is 0 Å². The number of anilines is 1. The van der Waals surface area contributed by atoms with Gasteiger partial charge in [-0.25, -0.2) is 0 Å². The molecule has 3 aromatic carbocycles. The Hall–Kier alpha value is -4.36. The number of carbonyl (C=O) groups is 2. The van der Waals surface area contributed by atoms with Gasteiger partial charge in [0.25, 0.3) is 11.8 Å². The summed E-state index contributed by atoms with van der Waals surface area (Å²) in [6, 6.07) is 23.6. The van der Waals surface area contributed by atoms with Gasteiger partial charge in [0.15, 0.2) is 0 Å². The van der Waals surface area contributed by atoms with E-state index < -0.39 is 5.91 Å². The SMILES string of the molecule is O=C1NC(=O)C2=C1c1c(n(CCO)c3ccc(OCc4ccccc4)cc13)C1Cc3ccccc3N21. The van der Waals surface area contributed by atoms with E-state index in [4.69, 9.17) is 4.74 Å². The van der Waals surface area contributed by atoms with Gasteiger partial charge in [0.2, 0.25) is 0 Å². The number of benzene rings is 3. The van der Waals surface area contributed by atoms with Crippen molar-refractivity contribution in [2.24, 2.45) is 0 Å². The molecule has 0 aliphatic carbocycles. The Morgan fingerprint density at radius 3 is 2.61 bits per heavy atom. The van der Waals surface area contributed by atoms with Gasteiger partial charge in [0.1, 0.15) is 18.1 Å². The molecule has 7 nitrogen and oxygen atoms in total. The number of nitrogens with one attached hydrogen (secondary N) is 1. The molecule has 0 saturated heterocycles. The molecular formula is C29H23N3O4. The van der Waals surface area contributed by atoms with E-state index in [0.29, 0.717) is 36.6 Å². The number of imide groups is 1. The van der Waals surface area contributed by atoms with E-state index in [1.54, 1.807) is 0 Å². The number of fused-ring (bicyclic) bond motifs is 9. The van der Waals surface area contributed by atoms with Crippen molar-refractivity contribution >= 4 is 34.0 Å². The van der Waals surface area contributed by atoms with Crippen LogP contribution in [-0.4, -0.2) is 28.1 Å². The molecule has 2 amide bonds. The summed E-state index contributed by atoms with van der Waals surface area (Å²) in [7, 11) is 0. The average molecular weight is 478 g/mol. The highest BCUT2D eigenvalue weighted by Crippen LogP contribution is 2.53. The molecule has 4 aromatic rings. The van der Waals surface area contributed by atoms with Gasteiger partial charge in [-0.15, -0.1) is 0 Å². The minimum Gasteiger partial charge on any atom is -0.489 e. The van der Waals surface area contributed by atoms with E-state index in [1.165, 1.54) is 0 Å². The van der Waals surface area contributed by atoms with Gasteiger partial charge in [-0.2, -0.15) is 0 Å². The fourth-order valence-electron chi connectivity index (χ4n) is 5.92. The first kappa shape index (κ1) is 21.0.